The maximum Gasteiger partial charge on any atom is 0.126 e. The maximum absolute atomic E-state index is 12.6. The van der Waals surface area contributed by atoms with Crippen LogP contribution >= 0.6 is 0 Å². The van der Waals surface area contributed by atoms with Crippen molar-refractivity contribution in [2.45, 2.75) is 92.6 Å². The molecule has 4 rings (SSSR count). The van der Waals surface area contributed by atoms with Crippen LogP contribution in [0.25, 0.3) is 0 Å². The summed E-state index contributed by atoms with van der Waals surface area (Å²) in [6.45, 7) is 18.0. The summed E-state index contributed by atoms with van der Waals surface area (Å²) >= 11 is -0.772. The molecule has 4 aliphatic carbocycles. The number of hydrogen-bond donors (Lipinski definition) is 1. The molecule has 3 saturated carbocycles. The van der Waals surface area contributed by atoms with E-state index in [2.05, 4.69) is 47.3 Å². The van der Waals surface area contributed by atoms with Gasteiger partial charge < -0.3 is 9.66 Å². The fourth-order valence-electron chi connectivity index (χ4n) is 9.11. The molecule has 0 spiro atoms. The van der Waals surface area contributed by atoms with Gasteiger partial charge in [0.1, 0.15) is 11.5 Å². The monoisotopic (exact) mass is 446 g/mol. The van der Waals surface area contributed by atoms with E-state index in [1.54, 1.807) is 5.57 Å². The van der Waals surface area contributed by atoms with Gasteiger partial charge in [-0.3, -0.25) is 0 Å². The van der Waals surface area contributed by atoms with Gasteiger partial charge in [-0.1, -0.05) is 52.8 Å². The summed E-state index contributed by atoms with van der Waals surface area (Å²) in [6, 6.07) is 0. The number of aliphatic hydroxyl groups excluding tert-OH is 1. The number of aliphatic hydroxyl groups is 1. The van der Waals surface area contributed by atoms with Crippen LogP contribution in [0.4, 0.5) is 0 Å². The Labute approximate surface area is 194 Å². The second-order valence-electron chi connectivity index (χ2n) is 12.8. The maximum atomic E-state index is 12.6. The Morgan fingerprint density at radius 3 is 2.55 bits per heavy atom. The van der Waals surface area contributed by atoms with Crippen molar-refractivity contribution in [1.29, 1.82) is 0 Å². The summed E-state index contributed by atoms with van der Waals surface area (Å²) in [5, 5.41) is 10.7. The van der Waals surface area contributed by atoms with Gasteiger partial charge in [0.25, 0.3) is 0 Å². The summed E-state index contributed by atoms with van der Waals surface area (Å²) in [5.74, 6) is 5.09. The quantitative estimate of drug-likeness (QED) is 0.386. The SMILES string of the molecule is C=C(C)C[S+]([O-])CC(C)[C@H]1CC[C@H]2[C@@H]3CC=C4C(C)(C)C(O)CC[C@]4(C)[C@H]3CC[C@]12C. The Balaban J connectivity index is 1.55. The van der Waals surface area contributed by atoms with Crippen molar-refractivity contribution < 1.29 is 9.66 Å². The highest BCUT2D eigenvalue weighted by Crippen LogP contribution is 2.68. The lowest BCUT2D eigenvalue weighted by Gasteiger charge is -2.61. The Morgan fingerprint density at radius 2 is 1.87 bits per heavy atom. The molecular weight excluding hydrogens is 400 g/mol. The van der Waals surface area contributed by atoms with Gasteiger partial charge in [0.15, 0.2) is 0 Å². The molecule has 3 fully saturated rings. The zero-order valence-electron chi connectivity index (χ0n) is 20.9. The summed E-state index contributed by atoms with van der Waals surface area (Å²) in [7, 11) is 0. The second-order valence-corrected chi connectivity index (χ2v) is 14.3. The Bertz CT molecular complexity index is 741. The minimum atomic E-state index is -0.772. The molecule has 0 aromatic carbocycles. The summed E-state index contributed by atoms with van der Waals surface area (Å²) in [4.78, 5) is 0. The first-order valence-corrected chi connectivity index (χ1v) is 14.3. The van der Waals surface area contributed by atoms with Crippen LogP contribution in [-0.4, -0.2) is 27.3 Å². The van der Waals surface area contributed by atoms with Crippen molar-refractivity contribution in [3.05, 3.63) is 23.8 Å². The van der Waals surface area contributed by atoms with E-state index in [0.29, 0.717) is 23.0 Å². The first-order valence-electron chi connectivity index (χ1n) is 12.8. The molecule has 3 unspecified atom stereocenters. The van der Waals surface area contributed by atoms with Gasteiger partial charge in [-0.2, -0.15) is 0 Å². The van der Waals surface area contributed by atoms with E-state index in [4.69, 9.17) is 0 Å². The molecule has 9 atom stereocenters. The number of hydrogen-bond acceptors (Lipinski definition) is 2. The van der Waals surface area contributed by atoms with Crippen molar-refractivity contribution in [1.82, 2.24) is 0 Å². The predicted molar refractivity (Wildman–Crippen MR) is 132 cm³/mol. The van der Waals surface area contributed by atoms with Crippen LogP contribution in [0, 0.1) is 45.8 Å². The van der Waals surface area contributed by atoms with Crippen LogP contribution in [-0.2, 0) is 11.2 Å². The molecule has 0 aromatic heterocycles. The standard InChI is InChI=1S/C28H46O2S/c1-18(2)16-31(30)17-19(3)21-9-10-22-20-8-11-24-26(4,5)25(29)13-15-28(24,7)23(20)12-14-27(21,22)6/h11,19-23,25,29H,1,8-10,12-17H2,2-7H3/t19?,20-,21+,22-,23-,25?,27+,28+,31?/m0/s1. The highest BCUT2D eigenvalue weighted by Gasteiger charge is 2.61. The summed E-state index contributed by atoms with van der Waals surface area (Å²) in [5.41, 5.74) is 3.18. The van der Waals surface area contributed by atoms with Crippen LogP contribution in [0.1, 0.15) is 86.5 Å². The fraction of sp³-hybridized carbons (Fsp3) is 0.857. The predicted octanol–water partition coefficient (Wildman–Crippen LogP) is 6.52. The second kappa shape index (κ2) is 8.20. The zero-order valence-corrected chi connectivity index (χ0v) is 21.7. The highest BCUT2D eigenvalue weighted by atomic mass is 32.2. The highest BCUT2D eigenvalue weighted by molar-refractivity contribution is 7.91. The van der Waals surface area contributed by atoms with Gasteiger partial charge in [0.05, 0.1) is 6.10 Å². The van der Waals surface area contributed by atoms with E-state index in [-0.39, 0.29) is 16.9 Å². The zero-order chi connectivity index (χ0) is 22.8. The van der Waals surface area contributed by atoms with Crippen LogP contribution in [0.2, 0.25) is 0 Å². The Hall–Kier alpha value is -0.250. The van der Waals surface area contributed by atoms with E-state index < -0.39 is 11.2 Å². The van der Waals surface area contributed by atoms with Gasteiger partial charge >= 0.3 is 0 Å². The third-order valence-electron chi connectivity index (χ3n) is 10.5. The Kier molecular flexibility index (Phi) is 6.32. The van der Waals surface area contributed by atoms with E-state index in [0.717, 1.165) is 41.9 Å². The lowest BCUT2D eigenvalue weighted by Crippen LogP contribution is -2.54. The average molecular weight is 447 g/mol. The molecule has 2 nitrogen and oxygen atoms in total. The average Bonchev–Trinajstić information content (AvgIpc) is 3.02. The fourth-order valence-corrected chi connectivity index (χ4v) is 10.6. The summed E-state index contributed by atoms with van der Waals surface area (Å²) < 4.78 is 12.6. The van der Waals surface area contributed by atoms with Crippen molar-refractivity contribution >= 4 is 11.2 Å². The van der Waals surface area contributed by atoms with Crippen molar-refractivity contribution in [2.24, 2.45) is 45.8 Å². The van der Waals surface area contributed by atoms with Crippen LogP contribution < -0.4 is 0 Å². The molecule has 0 aromatic rings. The van der Waals surface area contributed by atoms with Crippen molar-refractivity contribution in [3.63, 3.8) is 0 Å². The van der Waals surface area contributed by atoms with Crippen molar-refractivity contribution in [2.75, 3.05) is 11.5 Å². The van der Waals surface area contributed by atoms with Crippen LogP contribution in [0.3, 0.4) is 0 Å². The first-order chi connectivity index (χ1) is 14.4. The molecular formula is C28H46O2S. The van der Waals surface area contributed by atoms with E-state index >= 15 is 0 Å². The van der Waals surface area contributed by atoms with E-state index in [1.165, 1.54) is 32.1 Å². The number of rotatable bonds is 5. The van der Waals surface area contributed by atoms with Gasteiger partial charge in [-0.15, -0.1) is 0 Å². The molecule has 1 N–H and O–H groups in total. The first kappa shape index (κ1) is 23.9. The van der Waals surface area contributed by atoms with Crippen LogP contribution in [0.5, 0.6) is 0 Å². The molecule has 0 amide bonds. The molecule has 0 radical (unpaired) electrons. The largest absolute Gasteiger partial charge is 0.616 e. The molecule has 0 heterocycles. The number of allylic oxidation sites excluding steroid dienone is 1. The normalized spacial score (nSPS) is 45.7. The third kappa shape index (κ3) is 3.79. The smallest absolute Gasteiger partial charge is 0.126 e. The lowest BCUT2D eigenvalue weighted by atomic mass is 9.44. The molecule has 0 bridgehead atoms. The Morgan fingerprint density at radius 1 is 1.16 bits per heavy atom. The molecule has 31 heavy (non-hydrogen) atoms. The topological polar surface area (TPSA) is 43.3 Å². The summed E-state index contributed by atoms with van der Waals surface area (Å²) in [6.07, 6.45) is 11.0. The van der Waals surface area contributed by atoms with E-state index in [9.17, 15) is 9.66 Å². The molecule has 0 saturated heterocycles. The van der Waals surface area contributed by atoms with Gasteiger partial charge in [-0.25, -0.2) is 0 Å². The molecule has 0 aliphatic heterocycles. The van der Waals surface area contributed by atoms with E-state index in [1.807, 2.05) is 6.92 Å². The lowest BCUT2D eigenvalue weighted by molar-refractivity contribution is -0.0770. The minimum absolute atomic E-state index is 0.0845. The van der Waals surface area contributed by atoms with Gasteiger partial charge in [0.2, 0.25) is 0 Å². The third-order valence-corrected chi connectivity index (χ3v) is 12.3. The molecule has 176 valence electrons. The van der Waals surface area contributed by atoms with Gasteiger partial charge in [-0.05, 0) is 103 Å². The van der Waals surface area contributed by atoms with Crippen LogP contribution in [0.15, 0.2) is 23.8 Å². The molecule has 4 aliphatic rings. The van der Waals surface area contributed by atoms with Gasteiger partial charge in [0, 0.05) is 11.3 Å². The van der Waals surface area contributed by atoms with Crippen molar-refractivity contribution in [3.8, 4) is 0 Å². The number of fused-ring (bicyclic) bond motifs is 5. The minimum Gasteiger partial charge on any atom is -0.616 e. The molecule has 3 heteroatoms.